The van der Waals surface area contributed by atoms with E-state index in [2.05, 4.69) is 4.98 Å². The van der Waals surface area contributed by atoms with Crippen LogP contribution in [0.15, 0.2) is 54.6 Å². The minimum absolute atomic E-state index is 0.0574. The highest BCUT2D eigenvalue weighted by atomic mass is 35.5. The summed E-state index contributed by atoms with van der Waals surface area (Å²) in [4.78, 5) is 4.58. The number of fused-ring (bicyclic) bond motifs is 2. The summed E-state index contributed by atoms with van der Waals surface area (Å²) in [5.74, 6) is 0.501. The Morgan fingerprint density at radius 3 is 2.62 bits per heavy atom. The summed E-state index contributed by atoms with van der Waals surface area (Å²) < 4.78 is 27.1. The molecule has 1 aliphatic rings. The summed E-state index contributed by atoms with van der Waals surface area (Å²) in [7, 11) is -3.48. The molecule has 4 rings (SSSR count). The highest BCUT2D eigenvalue weighted by Gasteiger charge is 2.31. The third-order valence-corrected chi connectivity index (χ3v) is 6.18. The second kappa shape index (κ2) is 5.76. The molecule has 0 spiro atoms. The average Bonchev–Trinajstić information content (AvgIpc) is 2.98. The number of hydrogen-bond donors (Lipinski definition) is 0. The molecular weight excluding hydrogens is 344 g/mol. The molecule has 122 valence electrons. The van der Waals surface area contributed by atoms with Crippen molar-refractivity contribution in [1.29, 1.82) is 0 Å². The zero-order valence-electron chi connectivity index (χ0n) is 12.8. The van der Waals surface area contributed by atoms with E-state index in [1.54, 1.807) is 24.3 Å². The van der Waals surface area contributed by atoms with E-state index in [1.807, 2.05) is 30.3 Å². The van der Waals surface area contributed by atoms with Gasteiger partial charge in [0.25, 0.3) is 0 Å². The van der Waals surface area contributed by atoms with Crippen LogP contribution in [0.25, 0.3) is 10.9 Å². The number of halogens is 1. The zero-order valence-corrected chi connectivity index (χ0v) is 14.4. The third kappa shape index (κ3) is 2.74. The Morgan fingerprint density at radius 1 is 1.08 bits per heavy atom. The summed E-state index contributed by atoms with van der Waals surface area (Å²) in [6.07, 6.45) is 0.688. The van der Waals surface area contributed by atoms with Gasteiger partial charge >= 0.3 is 0 Å². The Labute approximate surface area is 145 Å². The Hall–Kier alpha value is -2.11. The largest absolute Gasteiger partial charge is 0.253 e. The van der Waals surface area contributed by atoms with Gasteiger partial charge in [0, 0.05) is 17.0 Å². The lowest BCUT2D eigenvalue weighted by atomic mass is 10.1. The maximum absolute atomic E-state index is 12.8. The van der Waals surface area contributed by atoms with Crippen molar-refractivity contribution in [3.05, 3.63) is 70.7 Å². The van der Waals surface area contributed by atoms with Crippen LogP contribution in [0.5, 0.6) is 0 Å². The molecule has 1 aromatic heterocycles. The van der Waals surface area contributed by atoms with Crippen LogP contribution in [-0.2, 0) is 22.2 Å². The Bertz CT molecular complexity index is 1020. The van der Waals surface area contributed by atoms with Crippen molar-refractivity contribution in [3.8, 4) is 0 Å². The molecule has 0 saturated heterocycles. The summed E-state index contributed by atoms with van der Waals surface area (Å²) in [5.41, 5.74) is 2.51. The summed E-state index contributed by atoms with van der Waals surface area (Å²) in [6, 6.07) is 16.7. The number of anilines is 1. The van der Waals surface area contributed by atoms with E-state index in [0.717, 1.165) is 16.5 Å². The first-order valence-corrected chi connectivity index (χ1v) is 9.65. The van der Waals surface area contributed by atoms with E-state index >= 15 is 0 Å². The van der Waals surface area contributed by atoms with Gasteiger partial charge in [-0.2, -0.15) is 0 Å². The minimum Gasteiger partial charge on any atom is -0.253 e. The quantitative estimate of drug-likeness (QED) is 0.716. The first-order chi connectivity index (χ1) is 11.5. The SMILES string of the molecule is O=S(=O)(Cc1ccc(Cl)cc1)N1CCc2cc3ccccc3nc21. The topological polar surface area (TPSA) is 50.3 Å². The van der Waals surface area contributed by atoms with E-state index in [0.29, 0.717) is 29.4 Å². The molecule has 2 heterocycles. The lowest BCUT2D eigenvalue weighted by molar-refractivity contribution is 0.591. The number of para-hydroxylation sites is 1. The van der Waals surface area contributed by atoms with Gasteiger partial charge in [0.1, 0.15) is 5.82 Å². The predicted octanol–water partition coefficient (Wildman–Crippen LogP) is 3.78. The first kappa shape index (κ1) is 15.4. The number of nitrogens with zero attached hydrogens (tertiary/aromatic N) is 2. The van der Waals surface area contributed by atoms with Crippen molar-refractivity contribution < 1.29 is 8.42 Å². The second-order valence-electron chi connectivity index (χ2n) is 5.87. The molecule has 4 nitrogen and oxygen atoms in total. The lowest BCUT2D eigenvalue weighted by Crippen LogP contribution is -2.30. The molecule has 0 unspecified atom stereocenters. The van der Waals surface area contributed by atoms with Crippen molar-refractivity contribution in [2.75, 3.05) is 10.8 Å². The standard InChI is InChI=1S/C18H15ClN2O2S/c19-16-7-5-13(6-8-16)12-24(22,23)21-10-9-15-11-14-3-1-2-4-17(14)20-18(15)21/h1-8,11H,9-10,12H2. The van der Waals surface area contributed by atoms with Gasteiger partial charge in [-0.25, -0.2) is 13.4 Å². The van der Waals surface area contributed by atoms with Gasteiger partial charge in [0.2, 0.25) is 10.0 Å². The Morgan fingerprint density at radius 2 is 1.83 bits per heavy atom. The van der Waals surface area contributed by atoms with Crippen molar-refractivity contribution in [2.45, 2.75) is 12.2 Å². The van der Waals surface area contributed by atoms with E-state index in [1.165, 1.54) is 4.31 Å². The molecule has 0 aliphatic carbocycles. The van der Waals surface area contributed by atoms with Crippen LogP contribution in [0.2, 0.25) is 5.02 Å². The average molecular weight is 359 g/mol. The Balaban J connectivity index is 1.71. The summed E-state index contributed by atoms with van der Waals surface area (Å²) in [5, 5.41) is 1.63. The van der Waals surface area contributed by atoms with Gasteiger partial charge < -0.3 is 0 Å². The van der Waals surface area contributed by atoms with Crippen LogP contribution >= 0.6 is 11.6 Å². The first-order valence-electron chi connectivity index (χ1n) is 7.66. The van der Waals surface area contributed by atoms with Crippen LogP contribution in [0.4, 0.5) is 5.82 Å². The van der Waals surface area contributed by atoms with Crippen molar-refractivity contribution >= 4 is 38.3 Å². The van der Waals surface area contributed by atoms with E-state index in [9.17, 15) is 8.42 Å². The molecule has 0 N–H and O–H groups in total. The molecule has 0 radical (unpaired) electrons. The van der Waals surface area contributed by atoms with Crippen LogP contribution in [0, 0.1) is 0 Å². The normalized spacial score (nSPS) is 14.1. The number of benzene rings is 2. The lowest BCUT2D eigenvalue weighted by Gasteiger charge is -2.19. The molecule has 1 aliphatic heterocycles. The van der Waals surface area contributed by atoms with E-state index < -0.39 is 10.0 Å². The fraction of sp³-hybridized carbons (Fsp3) is 0.167. The van der Waals surface area contributed by atoms with E-state index in [-0.39, 0.29) is 5.75 Å². The van der Waals surface area contributed by atoms with E-state index in [4.69, 9.17) is 11.6 Å². The van der Waals surface area contributed by atoms with Crippen LogP contribution < -0.4 is 4.31 Å². The smallest absolute Gasteiger partial charge is 0.240 e. The molecule has 0 atom stereocenters. The van der Waals surface area contributed by atoms with Gasteiger partial charge in [-0.15, -0.1) is 0 Å². The number of sulfonamides is 1. The third-order valence-electron chi connectivity index (χ3n) is 4.20. The molecule has 0 saturated carbocycles. The number of pyridine rings is 1. The fourth-order valence-corrected chi connectivity index (χ4v) is 4.70. The highest BCUT2D eigenvalue weighted by Crippen LogP contribution is 2.32. The molecule has 0 amide bonds. The molecule has 2 aromatic carbocycles. The maximum Gasteiger partial charge on any atom is 0.240 e. The van der Waals surface area contributed by atoms with Crippen LogP contribution in [0.3, 0.4) is 0 Å². The molecule has 6 heteroatoms. The minimum atomic E-state index is -3.48. The van der Waals surface area contributed by atoms with Gasteiger partial charge in [0.15, 0.2) is 0 Å². The van der Waals surface area contributed by atoms with Gasteiger partial charge in [-0.3, -0.25) is 4.31 Å². The molecule has 3 aromatic rings. The second-order valence-corrected chi connectivity index (χ2v) is 8.20. The monoisotopic (exact) mass is 358 g/mol. The number of aromatic nitrogens is 1. The fourth-order valence-electron chi connectivity index (χ4n) is 3.02. The Kier molecular flexibility index (Phi) is 3.70. The summed E-state index contributed by atoms with van der Waals surface area (Å²) >= 11 is 5.86. The van der Waals surface area contributed by atoms with Crippen molar-refractivity contribution in [3.63, 3.8) is 0 Å². The van der Waals surface area contributed by atoms with Crippen molar-refractivity contribution in [2.24, 2.45) is 0 Å². The zero-order chi connectivity index (χ0) is 16.7. The van der Waals surface area contributed by atoms with Gasteiger partial charge in [-0.1, -0.05) is 41.9 Å². The van der Waals surface area contributed by atoms with Gasteiger partial charge in [0.05, 0.1) is 11.3 Å². The molecule has 24 heavy (non-hydrogen) atoms. The number of rotatable bonds is 3. The van der Waals surface area contributed by atoms with Crippen LogP contribution in [0.1, 0.15) is 11.1 Å². The predicted molar refractivity (Wildman–Crippen MR) is 96.9 cm³/mol. The summed E-state index contributed by atoms with van der Waals surface area (Å²) in [6.45, 7) is 0.439. The maximum atomic E-state index is 12.8. The van der Waals surface area contributed by atoms with Crippen LogP contribution in [-0.4, -0.2) is 19.9 Å². The molecule has 0 fully saturated rings. The van der Waals surface area contributed by atoms with Gasteiger partial charge in [-0.05, 0) is 41.8 Å². The molecule has 0 bridgehead atoms. The molecular formula is C18H15ClN2O2S. The van der Waals surface area contributed by atoms with Crippen molar-refractivity contribution in [1.82, 2.24) is 4.98 Å². The highest BCUT2D eigenvalue weighted by molar-refractivity contribution is 7.92. The number of hydrogen-bond acceptors (Lipinski definition) is 3.